The molecule has 8 heteroatoms. The van der Waals surface area contributed by atoms with Gasteiger partial charge >= 0.3 is 0 Å². The Hall–Kier alpha value is -2.09. The number of hydrogen-bond donors (Lipinski definition) is 1. The van der Waals surface area contributed by atoms with Crippen molar-refractivity contribution in [2.75, 3.05) is 5.32 Å². The molecule has 0 saturated heterocycles. The van der Waals surface area contributed by atoms with Crippen LogP contribution in [0.4, 0.5) is 14.6 Å². The number of nitrogens with one attached hydrogen (secondary N) is 1. The zero-order valence-corrected chi connectivity index (χ0v) is 14.1. The van der Waals surface area contributed by atoms with E-state index in [-0.39, 0.29) is 5.56 Å². The molecule has 0 radical (unpaired) electrons. The van der Waals surface area contributed by atoms with Gasteiger partial charge in [-0.1, -0.05) is 6.92 Å². The first-order valence-electron chi connectivity index (χ1n) is 7.06. The van der Waals surface area contributed by atoms with Gasteiger partial charge in [0.1, 0.15) is 28.4 Å². The van der Waals surface area contributed by atoms with Gasteiger partial charge in [0.25, 0.3) is 0 Å². The van der Waals surface area contributed by atoms with Crippen molar-refractivity contribution in [2.45, 2.75) is 19.4 Å². The lowest BCUT2D eigenvalue weighted by Gasteiger charge is -2.19. The van der Waals surface area contributed by atoms with Gasteiger partial charge in [0.15, 0.2) is 5.65 Å². The Morgan fingerprint density at radius 2 is 2.09 bits per heavy atom. The van der Waals surface area contributed by atoms with E-state index in [2.05, 4.69) is 36.3 Å². The van der Waals surface area contributed by atoms with Gasteiger partial charge in [-0.15, -0.1) is 0 Å². The lowest BCUT2D eigenvalue weighted by molar-refractivity contribution is 0.566. The molecule has 23 heavy (non-hydrogen) atoms. The Balaban J connectivity index is 2.04. The van der Waals surface area contributed by atoms with Gasteiger partial charge in [-0.25, -0.2) is 23.4 Å². The maximum Gasteiger partial charge on any atom is 0.164 e. The first-order chi connectivity index (χ1) is 11.0. The molecule has 1 N–H and O–H groups in total. The Bertz CT molecular complexity index is 864. The number of benzene rings is 1. The lowest BCUT2D eigenvalue weighted by Crippen LogP contribution is -2.13. The van der Waals surface area contributed by atoms with Gasteiger partial charge < -0.3 is 5.32 Å². The van der Waals surface area contributed by atoms with Crippen LogP contribution in [0.2, 0.25) is 0 Å². The van der Waals surface area contributed by atoms with Crippen molar-refractivity contribution in [3.8, 4) is 0 Å². The standard InChI is InChI=1S/C15H14BrF2N5/c1-3-11(9-6-8(17)4-5-10(9)18)21-14-12-13(16)22-23(2)15(12)20-7-19-14/h4-7,11H,3H2,1-2H3,(H,19,20,21). The molecule has 3 aromatic rings. The molecule has 0 fully saturated rings. The third kappa shape index (κ3) is 2.90. The Kier molecular flexibility index (Phi) is 4.25. The second-order valence-corrected chi connectivity index (χ2v) is 5.86. The number of fused-ring (bicyclic) bond motifs is 1. The predicted molar refractivity (Wildman–Crippen MR) is 87.0 cm³/mol. The quantitative estimate of drug-likeness (QED) is 0.742. The van der Waals surface area contributed by atoms with Crippen molar-refractivity contribution in [3.05, 3.63) is 46.3 Å². The molecule has 0 bridgehead atoms. The van der Waals surface area contributed by atoms with Crippen LogP contribution in [0.3, 0.4) is 0 Å². The van der Waals surface area contributed by atoms with Crippen molar-refractivity contribution in [2.24, 2.45) is 7.05 Å². The molecule has 5 nitrogen and oxygen atoms in total. The van der Waals surface area contributed by atoms with Crippen molar-refractivity contribution in [1.29, 1.82) is 0 Å². The van der Waals surface area contributed by atoms with Crippen LogP contribution in [0.5, 0.6) is 0 Å². The van der Waals surface area contributed by atoms with E-state index in [0.29, 0.717) is 27.9 Å². The van der Waals surface area contributed by atoms with Gasteiger partial charge in [-0.3, -0.25) is 0 Å². The fourth-order valence-corrected chi connectivity index (χ4v) is 3.10. The van der Waals surface area contributed by atoms with Crippen molar-refractivity contribution in [3.63, 3.8) is 0 Å². The monoisotopic (exact) mass is 381 g/mol. The number of rotatable bonds is 4. The molecular formula is C15H14BrF2N5. The lowest BCUT2D eigenvalue weighted by atomic mass is 10.0. The summed E-state index contributed by atoms with van der Waals surface area (Å²) in [4.78, 5) is 8.41. The SMILES string of the molecule is CCC(Nc1ncnc2c1c(Br)nn2C)c1cc(F)ccc1F. The van der Waals surface area contributed by atoms with Crippen LogP contribution in [0.15, 0.2) is 29.1 Å². The summed E-state index contributed by atoms with van der Waals surface area (Å²) >= 11 is 3.38. The van der Waals surface area contributed by atoms with Gasteiger partial charge in [0, 0.05) is 12.6 Å². The highest BCUT2D eigenvalue weighted by Gasteiger charge is 2.19. The molecule has 2 aromatic heterocycles. The fourth-order valence-electron chi connectivity index (χ4n) is 2.50. The summed E-state index contributed by atoms with van der Waals surface area (Å²) in [6, 6.07) is 3.01. The molecule has 0 saturated carbocycles. The fraction of sp³-hybridized carbons (Fsp3) is 0.267. The minimum absolute atomic E-state index is 0.263. The van der Waals surface area contributed by atoms with E-state index in [4.69, 9.17) is 0 Å². The van der Waals surface area contributed by atoms with Crippen LogP contribution in [0.1, 0.15) is 24.9 Å². The molecule has 1 unspecified atom stereocenters. The van der Waals surface area contributed by atoms with Crippen molar-refractivity contribution < 1.29 is 8.78 Å². The Morgan fingerprint density at radius 1 is 1.30 bits per heavy atom. The molecule has 3 rings (SSSR count). The van der Waals surface area contributed by atoms with Crippen LogP contribution >= 0.6 is 15.9 Å². The molecular weight excluding hydrogens is 368 g/mol. The summed E-state index contributed by atoms with van der Waals surface area (Å²) in [5.41, 5.74) is 0.906. The van der Waals surface area contributed by atoms with E-state index in [0.717, 1.165) is 12.1 Å². The smallest absolute Gasteiger partial charge is 0.164 e. The largest absolute Gasteiger partial charge is 0.362 e. The molecule has 2 heterocycles. The Labute approximate surface area is 139 Å². The van der Waals surface area contributed by atoms with E-state index in [1.54, 1.807) is 11.7 Å². The van der Waals surface area contributed by atoms with Gasteiger partial charge in [-0.05, 0) is 40.5 Å². The number of aromatic nitrogens is 4. The summed E-state index contributed by atoms with van der Waals surface area (Å²) in [6.07, 6.45) is 1.97. The molecule has 0 aliphatic carbocycles. The van der Waals surface area contributed by atoms with Crippen LogP contribution in [0, 0.1) is 11.6 Å². The van der Waals surface area contributed by atoms with Gasteiger partial charge in [0.2, 0.25) is 0 Å². The van der Waals surface area contributed by atoms with E-state index in [1.165, 1.54) is 12.4 Å². The number of anilines is 1. The molecule has 0 spiro atoms. The normalized spacial score (nSPS) is 12.6. The zero-order chi connectivity index (χ0) is 16.6. The molecule has 0 aliphatic rings. The minimum atomic E-state index is -0.475. The average molecular weight is 382 g/mol. The highest BCUT2D eigenvalue weighted by molar-refractivity contribution is 9.10. The first-order valence-corrected chi connectivity index (χ1v) is 7.85. The van der Waals surface area contributed by atoms with Crippen molar-refractivity contribution in [1.82, 2.24) is 19.7 Å². The third-order valence-electron chi connectivity index (χ3n) is 3.63. The summed E-state index contributed by atoms with van der Waals surface area (Å²) in [6.45, 7) is 1.89. The van der Waals surface area contributed by atoms with Gasteiger partial charge in [0.05, 0.1) is 11.4 Å². The maximum absolute atomic E-state index is 14.0. The number of hydrogen-bond acceptors (Lipinski definition) is 4. The second-order valence-electron chi connectivity index (χ2n) is 5.11. The second kappa shape index (κ2) is 6.19. The summed E-state index contributed by atoms with van der Waals surface area (Å²) in [7, 11) is 1.77. The summed E-state index contributed by atoms with van der Waals surface area (Å²) < 4.78 is 29.7. The molecule has 0 aliphatic heterocycles. The minimum Gasteiger partial charge on any atom is -0.362 e. The Morgan fingerprint density at radius 3 is 2.83 bits per heavy atom. The topological polar surface area (TPSA) is 55.6 Å². The predicted octanol–water partition coefficient (Wildman–Crippen LogP) is 3.97. The molecule has 1 atom stereocenters. The summed E-state index contributed by atoms with van der Waals surface area (Å²) in [5, 5.41) is 8.11. The van der Waals surface area contributed by atoms with E-state index in [9.17, 15) is 8.78 Å². The average Bonchev–Trinajstić information content (AvgIpc) is 2.83. The summed E-state index contributed by atoms with van der Waals surface area (Å²) in [5.74, 6) is -0.413. The number of nitrogens with zero attached hydrogens (tertiary/aromatic N) is 4. The van der Waals surface area contributed by atoms with Gasteiger partial charge in [-0.2, -0.15) is 5.10 Å². The van der Waals surface area contributed by atoms with E-state index in [1.807, 2.05) is 6.92 Å². The molecule has 120 valence electrons. The highest BCUT2D eigenvalue weighted by atomic mass is 79.9. The zero-order valence-electron chi connectivity index (χ0n) is 12.5. The van der Waals surface area contributed by atoms with E-state index >= 15 is 0 Å². The number of halogens is 3. The molecule has 0 amide bonds. The van der Waals surface area contributed by atoms with Crippen LogP contribution in [-0.2, 0) is 7.05 Å². The first kappa shape index (κ1) is 15.8. The maximum atomic E-state index is 14.0. The molecule has 1 aromatic carbocycles. The third-order valence-corrected chi connectivity index (χ3v) is 4.19. The van der Waals surface area contributed by atoms with Crippen LogP contribution in [0.25, 0.3) is 11.0 Å². The van der Waals surface area contributed by atoms with Crippen molar-refractivity contribution >= 4 is 32.8 Å². The highest BCUT2D eigenvalue weighted by Crippen LogP contribution is 2.31. The number of aryl methyl sites for hydroxylation is 1. The van der Waals surface area contributed by atoms with Crippen LogP contribution < -0.4 is 5.32 Å². The van der Waals surface area contributed by atoms with E-state index < -0.39 is 17.7 Å². The van der Waals surface area contributed by atoms with Crippen LogP contribution in [-0.4, -0.2) is 19.7 Å².